The fourth-order valence-corrected chi connectivity index (χ4v) is 0.965. The molecular weight excluding hydrogens is 168 g/mol. The van der Waals surface area contributed by atoms with Crippen LogP contribution in [0.5, 0.6) is 0 Å². The number of ether oxygens (including phenoxy) is 1. The van der Waals surface area contributed by atoms with Gasteiger partial charge in [0, 0.05) is 0 Å². The van der Waals surface area contributed by atoms with Crippen molar-refractivity contribution in [3.8, 4) is 0 Å². The summed E-state index contributed by atoms with van der Waals surface area (Å²) in [7, 11) is 0. The predicted molar refractivity (Wildman–Crippen MR) is 49.3 cm³/mol. The number of aryl methyl sites for hydroxylation is 1. The second-order valence-corrected chi connectivity index (χ2v) is 2.62. The first kappa shape index (κ1) is 9.51. The molecule has 0 saturated carbocycles. The molecule has 2 N–H and O–H groups in total. The van der Waals surface area contributed by atoms with Crippen LogP contribution < -0.4 is 5.73 Å². The molecule has 0 fully saturated rings. The Kier molecular flexibility index (Phi) is 2.84. The molecule has 0 unspecified atom stereocenters. The SMILES string of the molecule is CCOC(=O)c1cc(N)cnc1C. The van der Waals surface area contributed by atoms with Crippen LogP contribution >= 0.6 is 0 Å². The van der Waals surface area contributed by atoms with E-state index in [4.69, 9.17) is 10.5 Å². The van der Waals surface area contributed by atoms with Gasteiger partial charge in [-0.15, -0.1) is 0 Å². The topological polar surface area (TPSA) is 65.2 Å². The molecule has 0 saturated heterocycles. The van der Waals surface area contributed by atoms with Gasteiger partial charge in [0.05, 0.1) is 29.7 Å². The molecule has 0 aliphatic heterocycles. The molecule has 4 nitrogen and oxygen atoms in total. The number of anilines is 1. The molecule has 1 aromatic rings. The summed E-state index contributed by atoms with van der Waals surface area (Å²) in [5.74, 6) is -0.375. The Morgan fingerprint density at radius 1 is 1.69 bits per heavy atom. The lowest BCUT2D eigenvalue weighted by atomic mass is 10.2. The Balaban J connectivity index is 2.99. The fraction of sp³-hybridized carbons (Fsp3) is 0.333. The molecule has 1 aromatic heterocycles. The number of carbonyl (C=O) groups is 1. The summed E-state index contributed by atoms with van der Waals surface area (Å²) in [6.45, 7) is 3.85. The summed E-state index contributed by atoms with van der Waals surface area (Å²) in [5.41, 5.74) is 7.02. The van der Waals surface area contributed by atoms with Crippen molar-refractivity contribution in [2.24, 2.45) is 0 Å². The van der Waals surface area contributed by atoms with Crippen LogP contribution in [-0.4, -0.2) is 17.6 Å². The van der Waals surface area contributed by atoms with Gasteiger partial charge >= 0.3 is 5.97 Å². The lowest BCUT2D eigenvalue weighted by molar-refractivity contribution is 0.0525. The second kappa shape index (κ2) is 3.89. The molecule has 1 rings (SSSR count). The maximum absolute atomic E-state index is 11.3. The van der Waals surface area contributed by atoms with E-state index >= 15 is 0 Å². The van der Waals surface area contributed by atoms with Gasteiger partial charge in [-0.05, 0) is 19.9 Å². The number of nitrogens with two attached hydrogens (primary N) is 1. The lowest BCUT2D eigenvalue weighted by Gasteiger charge is -2.04. The highest BCUT2D eigenvalue weighted by Gasteiger charge is 2.10. The molecule has 13 heavy (non-hydrogen) atoms. The Morgan fingerprint density at radius 3 is 3.00 bits per heavy atom. The van der Waals surface area contributed by atoms with Crippen LogP contribution in [0.1, 0.15) is 23.0 Å². The van der Waals surface area contributed by atoms with E-state index in [0.717, 1.165) is 0 Å². The first-order chi connectivity index (χ1) is 6.15. The number of pyridine rings is 1. The Bertz CT molecular complexity index is 323. The fourth-order valence-electron chi connectivity index (χ4n) is 0.965. The van der Waals surface area contributed by atoms with E-state index < -0.39 is 0 Å². The third kappa shape index (κ3) is 2.18. The molecule has 0 aliphatic rings. The molecule has 70 valence electrons. The first-order valence-electron chi connectivity index (χ1n) is 4.04. The van der Waals surface area contributed by atoms with Gasteiger partial charge in [-0.3, -0.25) is 4.98 Å². The second-order valence-electron chi connectivity index (χ2n) is 2.62. The van der Waals surface area contributed by atoms with Crippen molar-refractivity contribution in [3.05, 3.63) is 23.5 Å². The van der Waals surface area contributed by atoms with Crippen molar-refractivity contribution < 1.29 is 9.53 Å². The van der Waals surface area contributed by atoms with Gasteiger partial charge in [0.25, 0.3) is 0 Å². The molecular formula is C9H12N2O2. The number of esters is 1. The summed E-state index contributed by atoms with van der Waals surface area (Å²) >= 11 is 0. The average molecular weight is 180 g/mol. The Hall–Kier alpha value is -1.58. The highest BCUT2D eigenvalue weighted by Crippen LogP contribution is 2.10. The van der Waals surface area contributed by atoms with Crippen LogP contribution in [0.2, 0.25) is 0 Å². The number of hydrogen-bond acceptors (Lipinski definition) is 4. The monoisotopic (exact) mass is 180 g/mol. The third-order valence-corrected chi connectivity index (χ3v) is 1.60. The summed E-state index contributed by atoms with van der Waals surface area (Å²) in [6, 6.07) is 1.57. The van der Waals surface area contributed by atoms with E-state index in [2.05, 4.69) is 4.98 Å². The van der Waals surface area contributed by atoms with Crippen LogP contribution in [0.25, 0.3) is 0 Å². The standard InChI is InChI=1S/C9H12N2O2/c1-3-13-9(12)8-4-7(10)5-11-6(8)2/h4-5H,3,10H2,1-2H3. The van der Waals surface area contributed by atoms with E-state index in [1.165, 1.54) is 6.20 Å². The number of nitrogens with zero attached hydrogens (tertiary/aromatic N) is 1. The number of rotatable bonds is 2. The van der Waals surface area contributed by atoms with Crippen LogP contribution in [-0.2, 0) is 4.74 Å². The molecule has 1 heterocycles. The van der Waals surface area contributed by atoms with Crippen molar-refractivity contribution in [3.63, 3.8) is 0 Å². The van der Waals surface area contributed by atoms with Crippen LogP contribution in [0.15, 0.2) is 12.3 Å². The van der Waals surface area contributed by atoms with Crippen molar-refractivity contribution in [2.45, 2.75) is 13.8 Å². The summed E-state index contributed by atoms with van der Waals surface area (Å²) in [5, 5.41) is 0. The van der Waals surface area contributed by atoms with E-state index in [1.54, 1.807) is 19.9 Å². The van der Waals surface area contributed by atoms with Gasteiger partial charge in [-0.1, -0.05) is 0 Å². The van der Waals surface area contributed by atoms with Crippen LogP contribution in [0.3, 0.4) is 0 Å². The number of nitrogen functional groups attached to an aromatic ring is 1. The number of aromatic nitrogens is 1. The van der Waals surface area contributed by atoms with E-state index in [-0.39, 0.29) is 5.97 Å². The van der Waals surface area contributed by atoms with Crippen molar-refractivity contribution in [1.29, 1.82) is 0 Å². The predicted octanol–water partition coefficient (Wildman–Crippen LogP) is 1.15. The van der Waals surface area contributed by atoms with Gasteiger partial charge in [-0.2, -0.15) is 0 Å². The van der Waals surface area contributed by atoms with E-state index in [9.17, 15) is 4.79 Å². The van der Waals surface area contributed by atoms with Crippen molar-refractivity contribution in [1.82, 2.24) is 4.98 Å². The zero-order chi connectivity index (χ0) is 9.84. The normalized spacial score (nSPS) is 9.69. The maximum Gasteiger partial charge on any atom is 0.340 e. The number of hydrogen-bond donors (Lipinski definition) is 1. The number of carbonyl (C=O) groups excluding carboxylic acids is 1. The smallest absolute Gasteiger partial charge is 0.340 e. The van der Waals surface area contributed by atoms with Gasteiger partial charge in [0.15, 0.2) is 0 Å². The molecule has 0 spiro atoms. The molecule has 4 heteroatoms. The average Bonchev–Trinajstić information content (AvgIpc) is 2.09. The molecule has 0 amide bonds. The highest BCUT2D eigenvalue weighted by atomic mass is 16.5. The van der Waals surface area contributed by atoms with Gasteiger partial charge in [-0.25, -0.2) is 4.79 Å². The minimum Gasteiger partial charge on any atom is -0.462 e. The Morgan fingerprint density at radius 2 is 2.38 bits per heavy atom. The van der Waals surface area contributed by atoms with E-state index in [0.29, 0.717) is 23.6 Å². The minimum absolute atomic E-state index is 0.354. The van der Waals surface area contributed by atoms with Gasteiger partial charge in [0.2, 0.25) is 0 Å². The molecule has 0 bridgehead atoms. The highest BCUT2D eigenvalue weighted by molar-refractivity contribution is 5.91. The molecule has 0 radical (unpaired) electrons. The summed E-state index contributed by atoms with van der Waals surface area (Å²) < 4.78 is 4.83. The molecule has 0 aromatic carbocycles. The van der Waals surface area contributed by atoms with Crippen molar-refractivity contribution >= 4 is 11.7 Å². The van der Waals surface area contributed by atoms with E-state index in [1.807, 2.05) is 0 Å². The van der Waals surface area contributed by atoms with Gasteiger partial charge in [0.1, 0.15) is 0 Å². The minimum atomic E-state index is -0.375. The third-order valence-electron chi connectivity index (χ3n) is 1.60. The van der Waals surface area contributed by atoms with Crippen molar-refractivity contribution in [2.75, 3.05) is 12.3 Å². The van der Waals surface area contributed by atoms with Crippen LogP contribution in [0, 0.1) is 6.92 Å². The lowest BCUT2D eigenvalue weighted by Crippen LogP contribution is -2.08. The quantitative estimate of drug-likeness (QED) is 0.693. The maximum atomic E-state index is 11.3. The summed E-state index contributed by atoms with van der Waals surface area (Å²) in [6.07, 6.45) is 1.51. The first-order valence-corrected chi connectivity index (χ1v) is 4.04. The zero-order valence-electron chi connectivity index (χ0n) is 7.70. The van der Waals surface area contributed by atoms with Crippen LogP contribution in [0.4, 0.5) is 5.69 Å². The zero-order valence-corrected chi connectivity index (χ0v) is 7.70. The van der Waals surface area contributed by atoms with Gasteiger partial charge < -0.3 is 10.5 Å². The summed E-state index contributed by atoms with van der Waals surface area (Å²) in [4.78, 5) is 15.3. The molecule has 0 aliphatic carbocycles. The largest absolute Gasteiger partial charge is 0.462 e. The Labute approximate surface area is 76.7 Å². The molecule has 0 atom stereocenters.